The zero-order chi connectivity index (χ0) is 10.7. The predicted molar refractivity (Wildman–Crippen MR) is 58.1 cm³/mol. The lowest BCUT2D eigenvalue weighted by atomic mass is 10.1. The Morgan fingerprint density at radius 2 is 2.13 bits per heavy atom. The van der Waals surface area contributed by atoms with E-state index in [0.717, 1.165) is 25.9 Å². The van der Waals surface area contributed by atoms with E-state index in [1.165, 1.54) is 6.08 Å². The van der Waals surface area contributed by atoms with Crippen molar-refractivity contribution in [2.24, 2.45) is 4.99 Å². The van der Waals surface area contributed by atoms with E-state index in [1.807, 2.05) is 0 Å². The summed E-state index contributed by atoms with van der Waals surface area (Å²) < 4.78 is 5.71. The number of carbonyl (C=O) groups excluding carboxylic acids is 1. The average molecular weight is 208 g/mol. The van der Waals surface area contributed by atoms with E-state index >= 15 is 0 Å². The van der Waals surface area contributed by atoms with E-state index in [0.29, 0.717) is 5.90 Å². The SMILES string of the molecule is CN1CCC(OC2=NCC(=O)C=C2)CC1. The fraction of sp³-hybridized carbons (Fsp3) is 0.636. The maximum Gasteiger partial charge on any atom is 0.209 e. The molecule has 2 heterocycles. The number of dihydropyridines is 1. The second kappa shape index (κ2) is 4.57. The van der Waals surface area contributed by atoms with Crippen LogP contribution in [0.4, 0.5) is 0 Å². The molecular weight excluding hydrogens is 192 g/mol. The monoisotopic (exact) mass is 208 g/mol. The number of carbonyl (C=O) groups is 1. The number of aliphatic imine (C=N–C) groups is 1. The molecule has 0 saturated carbocycles. The number of hydrogen-bond acceptors (Lipinski definition) is 4. The van der Waals surface area contributed by atoms with Crippen LogP contribution in [-0.4, -0.2) is 49.4 Å². The van der Waals surface area contributed by atoms with E-state index in [2.05, 4.69) is 16.9 Å². The molecule has 4 heteroatoms. The summed E-state index contributed by atoms with van der Waals surface area (Å²) in [6.45, 7) is 2.37. The quantitative estimate of drug-likeness (QED) is 0.635. The molecule has 0 aromatic heterocycles. The maximum absolute atomic E-state index is 10.9. The first-order valence-electron chi connectivity index (χ1n) is 5.34. The maximum atomic E-state index is 10.9. The molecule has 0 spiro atoms. The highest BCUT2D eigenvalue weighted by atomic mass is 16.5. The third-order valence-corrected chi connectivity index (χ3v) is 2.76. The van der Waals surface area contributed by atoms with Gasteiger partial charge in [0.2, 0.25) is 5.90 Å². The molecule has 0 atom stereocenters. The van der Waals surface area contributed by atoms with Crippen molar-refractivity contribution in [2.75, 3.05) is 26.7 Å². The fourth-order valence-electron chi connectivity index (χ4n) is 1.78. The molecule has 2 aliphatic rings. The first-order chi connectivity index (χ1) is 7.24. The predicted octanol–water partition coefficient (Wildman–Crippen LogP) is 0.635. The summed E-state index contributed by atoms with van der Waals surface area (Å²) in [6.07, 6.45) is 5.55. The van der Waals surface area contributed by atoms with Crippen LogP contribution in [0.15, 0.2) is 17.1 Å². The molecule has 0 radical (unpaired) electrons. The summed E-state index contributed by atoms with van der Waals surface area (Å²) in [7, 11) is 2.12. The van der Waals surface area contributed by atoms with Gasteiger partial charge in [-0.2, -0.15) is 0 Å². The van der Waals surface area contributed by atoms with Gasteiger partial charge in [0.25, 0.3) is 0 Å². The Labute approximate surface area is 89.6 Å². The van der Waals surface area contributed by atoms with Crippen molar-refractivity contribution in [1.29, 1.82) is 0 Å². The Hall–Kier alpha value is -1.16. The number of ether oxygens (including phenoxy) is 1. The molecule has 0 amide bonds. The van der Waals surface area contributed by atoms with Crippen molar-refractivity contribution in [3.05, 3.63) is 12.2 Å². The molecule has 0 N–H and O–H groups in total. The molecule has 0 unspecified atom stereocenters. The molecule has 4 nitrogen and oxygen atoms in total. The highest BCUT2D eigenvalue weighted by Gasteiger charge is 2.19. The number of rotatable bonds is 1. The highest BCUT2D eigenvalue weighted by molar-refractivity contribution is 6.03. The lowest BCUT2D eigenvalue weighted by Crippen LogP contribution is -2.35. The number of ketones is 1. The fourth-order valence-corrected chi connectivity index (χ4v) is 1.78. The number of piperidine rings is 1. The summed E-state index contributed by atoms with van der Waals surface area (Å²) in [5, 5.41) is 0. The largest absolute Gasteiger partial charge is 0.474 e. The summed E-state index contributed by atoms with van der Waals surface area (Å²) >= 11 is 0. The van der Waals surface area contributed by atoms with Gasteiger partial charge in [-0.3, -0.25) is 4.79 Å². The average Bonchev–Trinajstić information content (AvgIpc) is 2.25. The molecule has 1 fully saturated rings. The first-order valence-corrected chi connectivity index (χ1v) is 5.34. The Morgan fingerprint density at radius 3 is 2.73 bits per heavy atom. The lowest BCUT2D eigenvalue weighted by Gasteiger charge is -2.29. The van der Waals surface area contributed by atoms with Crippen molar-refractivity contribution >= 4 is 11.7 Å². The Bertz CT molecular complexity index is 302. The van der Waals surface area contributed by atoms with Crippen molar-refractivity contribution < 1.29 is 9.53 Å². The van der Waals surface area contributed by atoms with Gasteiger partial charge in [-0.05, 0) is 26.0 Å². The molecule has 2 rings (SSSR count). The molecule has 0 aliphatic carbocycles. The molecule has 0 aromatic rings. The van der Waals surface area contributed by atoms with Crippen molar-refractivity contribution in [2.45, 2.75) is 18.9 Å². The van der Waals surface area contributed by atoms with E-state index in [1.54, 1.807) is 6.08 Å². The molecule has 1 saturated heterocycles. The van der Waals surface area contributed by atoms with Gasteiger partial charge >= 0.3 is 0 Å². The second-order valence-electron chi connectivity index (χ2n) is 4.07. The van der Waals surface area contributed by atoms with Gasteiger partial charge in [-0.1, -0.05) is 0 Å². The van der Waals surface area contributed by atoms with Gasteiger partial charge < -0.3 is 9.64 Å². The van der Waals surface area contributed by atoms with Crippen molar-refractivity contribution in [1.82, 2.24) is 4.90 Å². The van der Waals surface area contributed by atoms with E-state index in [4.69, 9.17) is 4.74 Å². The minimum absolute atomic E-state index is 0.0470. The normalized spacial score (nSPS) is 24.1. The van der Waals surface area contributed by atoms with Gasteiger partial charge in [0.15, 0.2) is 5.78 Å². The third-order valence-electron chi connectivity index (χ3n) is 2.76. The summed E-state index contributed by atoms with van der Waals surface area (Å²) in [5.74, 6) is 0.662. The van der Waals surface area contributed by atoms with Gasteiger partial charge in [-0.25, -0.2) is 4.99 Å². The van der Waals surface area contributed by atoms with Gasteiger partial charge in [-0.15, -0.1) is 0 Å². The standard InChI is InChI=1S/C11H16N2O2/c1-13-6-4-10(5-7-13)15-11-3-2-9(14)8-12-11/h2-3,10H,4-8H2,1H3. The number of nitrogens with zero attached hydrogens (tertiary/aromatic N) is 2. The topological polar surface area (TPSA) is 41.9 Å². The molecular formula is C11H16N2O2. The van der Waals surface area contributed by atoms with Gasteiger partial charge in [0.1, 0.15) is 12.6 Å². The van der Waals surface area contributed by atoms with Crippen LogP contribution in [0, 0.1) is 0 Å². The van der Waals surface area contributed by atoms with E-state index < -0.39 is 0 Å². The summed E-state index contributed by atoms with van der Waals surface area (Å²) in [6, 6.07) is 0. The highest BCUT2D eigenvalue weighted by Crippen LogP contribution is 2.13. The minimum Gasteiger partial charge on any atom is -0.474 e. The molecule has 2 aliphatic heterocycles. The zero-order valence-electron chi connectivity index (χ0n) is 8.98. The Morgan fingerprint density at radius 1 is 1.40 bits per heavy atom. The van der Waals surface area contributed by atoms with Crippen LogP contribution in [0.25, 0.3) is 0 Å². The molecule has 82 valence electrons. The molecule has 0 bridgehead atoms. The number of likely N-dealkylation sites (tertiary alicyclic amines) is 1. The summed E-state index contributed by atoms with van der Waals surface area (Å²) in [5.41, 5.74) is 0. The Kier molecular flexibility index (Phi) is 3.16. The van der Waals surface area contributed by atoms with Crippen LogP contribution in [0.3, 0.4) is 0 Å². The van der Waals surface area contributed by atoms with Crippen LogP contribution in [0.1, 0.15) is 12.8 Å². The Balaban J connectivity index is 1.82. The van der Waals surface area contributed by atoms with Gasteiger partial charge in [0.05, 0.1) is 0 Å². The van der Waals surface area contributed by atoms with Crippen LogP contribution >= 0.6 is 0 Å². The first kappa shape index (κ1) is 10.4. The smallest absolute Gasteiger partial charge is 0.209 e. The van der Waals surface area contributed by atoms with Crippen LogP contribution in [0.2, 0.25) is 0 Å². The minimum atomic E-state index is 0.0470. The van der Waals surface area contributed by atoms with Crippen LogP contribution in [-0.2, 0) is 9.53 Å². The van der Waals surface area contributed by atoms with Crippen LogP contribution < -0.4 is 0 Å². The van der Waals surface area contributed by atoms with Crippen LogP contribution in [0.5, 0.6) is 0 Å². The second-order valence-corrected chi connectivity index (χ2v) is 4.07. The molecule has 0 aromatic carbocycles. The van der Waals surface area contributed by atoms with Crippen molar-refractivity contribution in [3.63, 3.8) is 0 Å². The lowest BCUT2D eigenvalue weighted by molar-refractivity contribution is -0.113. The van der Waals surface area contributed by atoms with Crippen molar-refractivity contribution in [3.8, 4) is 0 Å². The molecule has 15 heavy (non-hydrogen) atoms. The number of hydrogen-bond donors (Lipinski definition) is 0. The van der Waals surface area contributed by atoms with E-state index in [-0.39, 0.29) is 18.4 Å². The van der Waals surface area contributed by atoms with E-state index in [9.17, 15) is 4.79 Å². The van der Waals surface area contributed by atoms with Gasteiger partial charge in [0, 0.05) is 19.2 Å². The zero-order valence-corrected chi connectivity index (χ0v) is 8.98. The third kappa shape index (κ3) is 2.89. The summed E-state index contributed by atoms with van der Waals surface area (Å²) in [4.78, 5) is 17.2.